The zero-order valence-corrected chi connectivity index (χ0v) is 4.85. The average Bonchev–Trinajstić information content (AvgIpc) is 2.34. The van der Waals surface area contributed by atoms with E-state index < -0.39 is 12.0 Å². The van der Waals surface area contributed by atoms with Crippen LogP contribution in [0.5, 0.6) is 0 Å². The molecule has 5 nitrogen and oxygen atoms in total. The van der Waals surface area contributed by atoms with E-state index in [2.05, 4.69) is 9.98 Å². The number of aliphatic imine (C=N–C) groups is 2. The van der Waals surface area contributed by atoms with Crippen LogP contribution in [0.25, 0.3) is 0 Å². The predicted octanol–water partition coefficient (Wildman–Crippen LogP) is -0.554. The van der Waals surface area contributed by atoms with Crippen molar-refractivity contribution in [2.45, 2.75) is 6.04 Å². The number of hydrogen-bond donors (Lipinski definition) is 1. The van der Waals surface area contributed by atoms with E-state index in [1.807, 2.05) is 0 Å². The van der Waals surface area contributed by atoms with Gasteiger partial charge in [0.05, 0.1) is 6.07 Å². The Kier molecular flexibility index (Phi) is 1.46. The molecule has 5 heteroatoms. The summed E-state index contributed by atoms with van der Waals surface area (Å²) in [4.78, 5) is 16.9. The quantitative estimate of drug-likeness (QED) is 0.525. The highest BCUT2D eigenvalue weighted by atomic mass is 16.4. The largest absolute Gasteiger partial charge is 0.475 e. The molecular weight excluding hydrogens is 134 g/mol. The van der Waals surface area contributed by atoms with Crippen molar-refractivity contribution in [2.24, 2.45) is 9.98 Å². The van der Waals surface area contributed by atoms with Crippen molar-refractivity contribution in [3.8, 4) is 6.07 Å². The number of carboxylic acids is 1. The molecule has 1 atom stereocenters. The lowest BCUT2D eigenvalue weighted by molar-refractivity contribution is -0.129. The molecule has 0 aliphatic carbocycles. The minimum atomic E-state index is -1.20. The Labute approximate surface area is 56.3 Å². The molecule has 0 spiro atoms. The number of nitriles is 1. The van der Waals surface area contributed by atoms with E-state index in [1.165, 1.54) is 6.21 Å². The molecule has 50 valence electrons. The summed E-state index contributed by atoms with van der Waals surface area (Å²) in [5.41, 5.74) is 0. The second-order valence-corrected chi connectivity index (χ2v) is 1.61. The van der Waals surface area contributed by atoms with Crippen molar-refractivity contribution in [1.29, 1.82) is 5.26 Å². The van der Waals surface area contributed by atoms with Crippen molar-refractivity contribution < 1.29 is 9.90 Å². The SMILES string of the molecule is N#CC1C=NC(C(=O)O)=N1. The van der Waals surface area contributed by atoms with Crippen LogP contribution in [0, 0.1) is 11.3 Å². The highest BCUT2D eigenvalue weighted by Crippen LogP contribution is 1.97. The van der Waals surface area contributed by atoms with Gasteiger partial charge in [0.1, 0.15) is 0 Å². The molecule has 1 unspecified atom stereocenters. The molecule has 1 aliphatic rings. The molecular formula is C5H3N3O2. The molecule has 0 saturated carbocycles. The first-order chi connectivity index (χ1) is 4.74. The van der Waals surface area contributed by atoms with Crippen LogP contribution in [0.2, 0.25) is 0 Å². The normalized spacial score (nSPS) is 21.9. The van der Waals surface area contributed by atoms with Gasteiger partial charge >= 0.3 is 5.97 Å². The molecule has 0 radical (unpaired) electrons. The summed E-state index contributed by atoms with van der Waals surface area (Å²) in [5.74, 6) is -1.50. The molecule has 0 fully saturated rings. The summed E-state index contributed by atoms with van der Waals surface area (Å²) in [7, 11) is 0. The van der Waals surface area contributed by atoms with Gasteiger partial charge < -0.3 is 5.11 Å². The van der Waals surface area contributed by atoms with E-state index in [-0.39, 0.29) is 5.84 Å². The van der Waals surface area contributed by atoms with Crippen LogP contribution >= 0.6 is 0 Å². The van der Waals surface area contributed by atoms with Crippen LogP contribution in [-0.2, 0) is 4.79 Å². The molecule has 0 aromatic carbocycles. The molecule has 1 heterocycles. The summed E-state index contributed by atoms with van der Waals surface area (Å²) in [5, 5.41) is 16.5. The topological polar surface area (TPSA) is 85.8 Å². The number of carboxylic acid groups (broad SMARTS) is 1. The number of carbonyl (C=O) groups is 1. The monoisotopic (exact) mass is 137 g/mol. The second-order valence-electron chi connectivity index (χ2n) is 1.61. The molecule has 0 bridgehead atoms. The van der Waals surface area contributed by atoms with Gasteiger partial charge in [-0.1, -0.05) is 0 Å². The maximum Gasteiger partial charge on any atom is 0.373 e. The molecule has 10 heavy (non-hydrogen) atoms. The highest BCUT2D eigenvalue weighted by Gasteiger charge is 2.16. The van der Waals surface area contributed by atoms with Crippen molar-refractivity contribution in [3.63, 3.8) is 0 Å². The van der Waals surface area contributed by atoms with Crippen LogP contribution in [0.4, 0.5) is 0 Å². The summed E-state index contributed by atoms with van der Waals surface area (Å²) >= 11 is 0. The smallest absolute Gasteiger partial charge is 0.373 e. The van der Waals surface area contributed by atoms with Crippen molar-refractivity contribution in [1.82, 2.24) is 0 Å². The van der Waals surface area contributed by atoms with Gasteiger partial charge in [-0.25, -0.2) is 14.8 Å². The second kappa shape index (κ2) is 2.27. The fraction of sp³-hybridized carbons (Fsp3) is 0.200. The highest BCUT2D eigenvalue weighted by molar-refractivity contribution is 6.37. The average molecular weight is 137 g/mol. The molecule has 1 rings (SSSR count). The number of nitrogens with zero attached hydrogens (tertiary/aromatic N) is 3. The van der Waals surface area contributed by atoms with Gasteiger partial charge in [0.2, 0.25) is 5.84 Å². The van der Waals surface area contributed by atoms with E-state index >= 15 is 0 Å². The first-order valence-electron chi connectivity index (χ1n) is 2.49. The zero-order valence-electron chi connectivity index (χ0n) is 4.85. The van der Waals surface area contributed by atoms with E-state index in [0.29, 0.717) is 0 Å². The Bertz CT molecular complexity index is 261. The number of aliphatic carboxylic acids is 1. The Morgan fingerprint density at radius 2 is 2.60 bits per heavy atom. The van der Waals surface area contributed by atoms with Gasteiger partial charge in [-0.05, 0) is 0 Å². The van der Waals surface area contributed by atoms with E-state index in [1.54, 1.807) is 6.07 Å². The minimum absolute atomic E-state index is 0.299. The first kappa shape index (κ1) is 6.42. The van der Waals surface area contributed by atoms with Crippen molar-refractivity contribution in [3.05, 3.63) is 0 Å². The molecule has 0 aromatic rings. The van der Waals surface area contributed by atoms with Gasteiger partial charge in [0.25, 0.3) is 0 Å². The van der Waals surface area contributed by atoms with Gasteiger partial charge in [-0.3, -0.25) is 0 Å². The van der Waals surface area contributed by atoms with E-state index in [4.69, 9.17) is 10.4 Å². The summed E-state index contributed by atoms with van der Waals surface area (Å²) in [6.45, 7) is 0. The molecule has 0 saturated heterocycles. The lowest BCUT2D eigenvalue weighted by atomic mass is 10.4. The zero-order chi connectivity index (χ0) is 7.56. The van der Waals surface area contributed by atoms with E-state index in [9.17, 15) is 4.79 Å². The lowest BCUT2D eigenvalue weighted by Crippen LogP contribution is -2.07. The Hall–Kier alpha value is -1.70. The van der Waals surface area contributed by atoms with Crippen LogP contribution in [0.1, 0.15) is 0 Å². The van der Waals surface area contributed by atoms with Crippen LogP contribution in [0.15, 0.2) is 9.98 Å². The van der Waals surface area contributed by atoms with Crippen LogP contribution in [0.3, 0.4) is 0 Å². The predicted molar refractivity (Wildman–Crippen MR) is 33.0 cm³/mol. The van der Waals surface area contributed by atoms with Crippen LogP contribution in [-0.4, -0.2) is 29.2 Å². The third kappa shape index (κ3) is 1.00. The third-order valence-electron chi connectivity index (χ3n) is 0.923. The fourth-order valence-corrected chi connectivity index (χ4v) is 0.512. The Morgan fingerprint density at radius 1 is 1.90 bits per heavy atom. The third-order valence-corrected chi connectivity index (χ3v) is 0.923. The van der Waals surface area contributed by atoms with Gasteiger partial charge in [0.15, 0.2) is 6.04 Å². The Balaban J connectivity index is 2.80. The maximum atomic E-state index is 10.1. The summed E-state index contributed by atoms with van der Waals surface area (Å²) < 4.78 is 0. The van der Waals surface area contributed by atoms with Gasteiger partial charge in [0, 0.05) is 6.21 Å². The van der Waals surface area contributed by atoms with Crippen LogP contribution < -0.4 is 0 Å². The Morgan fingerprint density at radius 3 is 2.90 bits per heavy atom. The maximum absolute atomic E-state index is 10.1. The minimum Gasteiger partial charge on any atom is -0.475 e. The summed E-state index contributed by atoms with van der Waals surface area (Å²) in [6.07, 6.45) is 1.20. The first-order valence-corrected chi connectivity index (χ1v) is 2.49. The number of amidine groups is 1. The van der Waals surface area contributed by atoms with Crippen molar-refractivity contribution in [2.75, 3.05) is 0 Å². The number of rotatable bonds is 1. The molecule has 0 aromatic heterocycles. The molecule has 0 amide bonds. The molecule has 1 N–H and O–H groups in total. The van der Waals surface area contributed by atoms with E-state index in [0.717, 1.165) is 0 Å². The number of hydrogen-bond acceptors (Lipinski definition) is 4. The summed E-state index contributed by atoms with van der Waals surface area (Å²) in [6, 6.07) is 1.03. The standard InChI is InChI=1S/C5H3N3O2/c6-1-3-2-7-4(8-3)5(9)10/h2-3H,(H,9,10). The van der Waals surface area contributed by atoms with Crippen molar-refractivity contribution >= 4 is 18.0 Å². The fourth-order valence-electron chi connectivity index (χ4n) is 0.512. The lowest BCUT2D eigenvalue weighted by Gasteiger charge is -1.84. The van der Waals surface area contributed by atoms with Gasteiger partial charge in [-0.15, -0.1) is 0 Å². The van der Waals surface area contributed by atoms with Gasteiger partial charge in [-0.2, -0.15) is 5.26 Å². The molecule has 1 aliphatic heterocycles.